The zero-order chi connectivity index (χ0) is 17.5. The van der Waals surface area contributed by atoms with Crippen LogP contribution in [0.5, 0.6) is 11.5 Å². The molecule has 0 atom stereocenters. The van der Waals surface area contributed by atoms with Gasteiger partial charge < -0.3 is 19.2 Å². The number of hydrogen-bond donors (Lipinski definition) is 1. The molecule has 0 saturated heterocycles. The first-order chi connectivity index (χ1) is 11.6. The third kappa shape index (κ3) is 4.40. The summed E-state index contributed by atoms with van der Waals surface area (Å²) in [7, 11) is 3.10. The fourth-order valence-corrected chi connectivity index (χ4v) is 2.28. The molecule has 0 aliphatic rings. The van der Waals surface area contributed by atoms with Gasteiger partial charge in [-0.05, 0) is 40.2 Å². The Morgan fingerprint density at radius 3 is 2.71 bits per heavy atom. The Hall–Kier alpha value is -2.72. The number of amides is 1. The van der Waals surface area contributed by atoms with E-state index in [1.807, 2.05) is 6.07 Å². The first-order valence-corrected chi connectivity index (χ1v) is 7.73. The van der Waals surface area contributed by atoms with Crippen molar-refractivity contribution in [2.24, 2.45) is 0 Å². The van der Waals surface area contributed by atoms with Gasteiger partial charge in [0.05, 0.1) is 14.2 Å². The molecule has 0 spiro atoms. The van der Waals surface area contributed by atoms with Gasteiger partial charge in [-0.2, -0.15) is 5.26 Å². The van der Waals surface area contributed by atoms with Crippen LogP contribution in [0.25, 0.3) is 6.08 Å². The molecule has 2 aromatic rings. The van der Waals surface area contributed by atoms with Gasteiger partial charge in [-0.3, -0.25) is 4.79 Å². The van der Waals surface area contributed by atoms with E-state index in [0.29, 0.717) is 21.9 Å². The molecule has 2 rings (SSSR count). The van der Waals surface area contributed by atoms with E-state index in [4.69, 9.17) is 19.2 Å². The van der Waals surface area contributed by atoms with Crippen molar-refractivity contribution >= 4 is 27.9 Å². The molecule has 1 aromatic carbocycles. The van der Waals surface area contributed by atoms with Crippen LogP contribution in [0.2, 0.25) is 0 Å². The standard InChI is InChI=1S/C17H15BrN2O4/c1-22-13-4-3-11(15(8-13)23-2)10-20-17(21)12(9-19)7-14-5-6-16(18)24-14/h3-8H,10H2,1-2H3,(H,20,21)/b12-7+. The highest BCUT2D eigenvalue weighted by Gasteiger charge is 2.12. The summed E-state index contributed by atoms with van der Waals surface area (Å²) < 4.78 is 16.2. The second-order valence-corrected chi connectivity index (χ2v) is 5.45. The normalized spacial score (nSPS) is 10.8. The topological polar surface area (TPSA) is 84.5 Å². The number of benzene rings is 1. The minimum atomic E-state index is -0.497. The number of rotatable bonds is 6. The predicted octanol–water partition coefficient (Wildman–Crippen LogP) is 3.28. The average molecular weight is 391 g/mol. The minimum absolute atomic E-state index is 0.0515. The second-order valence-electron chi connectivity index (χ2n) is 4.67. The van der Waals surface area contributed by atoms with Crippen molar-refractivity contribution in [1.29, 1.82) is 5.26 Å². The van der Waals surface area contributed by atoms with Crippen LogP contribution in [0.3, 0.4) is 0 Å². The molecular formula is C17H15BrN2O4. The van der Waals surface area contributed by atoms with E-state index in [2.05, 4.69) is 21.2 Å². The lowest BCUT2D eigenvalue weighted by molar-refractivity contribution is -0.117. The maximum atomic E-state index is 12.2. The molecule has 1 N–H and O–H groups in total. The van der Waals surface area contributed by atoms with Crippen molar-refractivity contribution in [3.63, 3.8) is 0 Å². The van der Waals surface area contributed by atoms with Crippen molar-refractivity contribution in [3.8, 4) is 17.6 Å². The molecule has 124 valence electrons. The summed E-state index contributed by atoms with van der Waals surface area (Å²) in [5, 5.41) is 11.8. The molecule has 0 bridgehead atoms. The van der Waals surface area contributed by atoms with Crippen molar-refractivity contribution in [3.05, 3.63) is 51.9 Å². The maximum absolute atomic E-state index is 12.2. The average Bonchev–Trinajstić information content (AvgIpc) is 3.02. The summed E-state index contributed by atoms with van der Waals surface area (Å²) in [6, 6.07) is 10.5. The number of nitriles is 1. The Morgan fingerprint density at radius 2 is 2.12 bits per heavy atom. The third-order valence-electron chi connectivity index (χ3n) is 3.18. The van der Waals surface area contributed by atoms with Crippen LogP contribution in [0, 0.1) is 11.3 Å². The van der Waals surface area contributed by atoms with Crippen LogP contribution >= 0.6 is 15.9 Å². The smallest absolute Gasteiger partial charge is 0.262 e. The Bertz CT molecular complexity index is 805. The number of methoxy groups -OCH3 is 2. The highest BCUT2D eigenvalue weighted by atomic mass is 79.9. The predicted molar refractivity (Wildman–Crippen MR) is 91.4 cm³/mol. The Kier molecular flexibility index (Phi) is 6.04. The van der Waals surface area contributed by atoms with Crippen LogP contribution in [0.15, 0.2) is 45.0 Å². The van der Waals surface area contributed by atoms with Crippen LogP contribution < -0.4 is 14.8 Å². The zero-order valence-corrected chi connectivity index (χ0v) is 14.7. The number of furan rings is 1. The van der Waals surface area contributed by atoms with Crippen molar-refractivity contribution in [1.82, 2.24) is 5.32 Å². The molecule has 0 saturated carbocycles. The number of carbonyl (C=O) groups is 1. The van der Waals surface area contributed by atoms with Gasteiger partial charge in [0.15, 0.2) is 4.67 Å². The first-order valence-electron chi connectivity index (χ1n) is 6.93. The summed E-state index contributed by atoms with van der Waals surface area (Å²) in [6.45, 7) is 0.215. The lowest BCUT2D eigenvalue weighted by Crippen LogP contribution is -2.24. The SMILES string of the molecule is COc1ccc(CNC(=O)/C(C#N)=C/c2ccc(Br)o2)c(OC)c1. The Balaban J connectivity index is 2.09. The monoisotopic (exact) mass is 390 g/mol. The third-order valence-corrected chi connectivity index (χ3v) is 3.61. The fourth-order valence-electron chi connectivity index (χ4n) is 1.97. The largest absolute Gasteiger partial charge is 0.497 e. The maximum Gasteiger partial charge on any atom is 0.262 e. The molecule has 0 unspecified atom stereocenters. The van der Waals surface area contributed by atoms with E-state index in [0.717, 1.165) is 5.56 Å². The van der Waals surface area contributed by atoms with Gasteiger partial charge in [-0.15, -0.1) is 0 Å². The van der Waals surface area contributed by atoms with E-state index in [9.17, 15) is 4.79 Å². The van der Waals surface area contributed by atoms with Crippen molar-refractivity contribution in [2.75, 3.05) is 14.2 Å². The summed E-state index contributed by atoms with van der Waals surface area (Å²) in [5.74, 6) is 1.16. The van der Waals surface area contributed by atoms with E-state index in [-0.39, 0.29) is 12.1 Å². The summed E-state index contributed by atoms with van der Waals surface area (Å²) in [5.41, 5.74) is 0.717. The lowest BCUT2D eigenvalue weighted by Gasteiger charge is -2.11. The summed E-state index contributed by atoms with van der Waals surface area (Å²) in [4.78, 5) is 12.2. The van der Waals surface area contributed by atoms with E-state index < -0.39 is 5.91 Å². The van der Waals surface area contributed by atoms with Crippen LogP contribution in [-0.2, 0) is 11.3 Å². The number of ether oxygens (including phenoxy) is 2. The van der Waals surface area contributed by atoms with Gasteiger partial charge in [-0.25, -0.2) is 0 Å². The molecule has 0 fully saturated rings. The molecule has 1 heterocycles. The van der Waals surface area contributed by atoms with Gasteiger partial charge in [0.1, 0.15) is 28.9 Å². The van der Waals surface area contributed by atoms with Gasteiger partial charge in [0, 0.05) is 24.3 Å². The molecule has 6 nitrogen and oxygen atoms in total. The highest BCUT2D eigenvalue weighted by molar-refractivity contribution is 9.10. The molecule has 1 aromatic heterocycles. The number of nitrogens with zero attached hydrogens (tertiary/aromatic N) is 1. The molecule has 7 heteroatoms. The summed E-state index contributed by atoms with van der Waals surface area (Å²) >= 11 is 3.17. The van der Waals surface area contributed by atoms with Crippen LogP contribution in [0.4, 0.5) is 0 Å². The summed E-state index contributed by atoms with van der Waals surface area (Å²) in [6.07, 6.45) is 1.38. The number of carbonyl (C=O) groups excluding carboxylic acids is 1. The van der Waals surface area contributed by atoms with Gasteiger partial charge in [0.25, 0.3) is 5.91 Å². The molecule has 0 aliphatic heterocycles. The van der Waals surface area contributed by atoms with Crippen molar-refractivity contribution in [2.45, 2.75) is 6.54 Å². The molecule has 1 amide bonds. The van der Waals surface area contributed by atoms with Gasteiger partial charge >= 0.3 is 0 Å². The lowest BCUT2D eigenvalue weighted by atomic mass is 10.1. The number of nitrogens with one attached hydrogen (secondary N) is 1. The van der Waals surface area contributed by atoms with E-state index >= 15 is 0 Å². The highest BCUT2D eigenvalue weighted by Crippen LogP contribution is 2.24. The van der Waals surface area contributed by atoms with Crippen LogP contribution in [0.1, 0.15) is 11.3 Å². The Morgan fingerprint density at radius 1 is 1.33 bits per heavy atom. The molecule has 0 aliphatic carbocycles. The molecule has 0 radical (unpaired) electrons. The van der Waals surface area contributed by atoms with E-state index in [1.165, 1.54) is 13.2 Å². The fraction of sp³-hybridized carbons (Fsp3) is 0.176. The van der Waals surface area contributed by atoms with E-state index in [1.54, 1.807) is 37.4 Å². The molecular weight excluding hydrogens is 376 g/mol. The van der Waals surface area contributed by atoms with Gasteiger partial charge in [0.2, 0.25) is 0 Å². The van der Waals surface area contributed by atoms with Gasteiger partial charge in [-0.1, -0.05) is 0 Å². The first kappa shape index (κ1) is 17.6. The van der Waals surface area contributed by atoms with Crippen molar-refractivity contribution < 1.29 is 18.7 Å². The molecule has 24 heavy (non-hydrogen) atoms. The van der Waals surface area contributed by atoms with Crippen LogP contribution in [-0.4, -0.2) is 20.1 Å². The Labute approximate surface area is 147 Å². The second kappa shape index (κ2) is 8.22. The number of hydrogen-bond acceptors (Lipinski definition) is 5. The quantitative estimate of drug-likeness (QED) is 0.604. The number of halogens is 1. The minimum Gasteiger partial charge on any atom is -0.497 e. The zero-order valence-electron chi connectivity index (χ0n) is 13.1.